The average molecular weight is 552 g/mol. The number of hydrogen-bond acceptors (Lipinski definition) is 5. The minimum absolute atomic E-state index is 0.0635. The summed E-state index contributed by atoms with van der Waals surface area (Å²) in [5.41, 5.74) is 1.35. The first-order chi connectivity index (χ1) is 17.5. The zero-order valence-electron chi connectivity index (χ0n) is 22.2. The number of nitrogens with zero attached hydrogens (tertiary/aromatic N) is 2. The summed E-state index contributed by atoms with van der Waals surface area (Å²) in [4.78, 5) is 27.9. The highest BCUT2D eigenvalue weighted by Crippen LogP contribution is 2.23. The Morgan fingerprint density at radius 1 is 1.03 bits per heavy atom. The van der Waals surface area contributed by atoms with Gasteiger partial charge >= 0.3 is 0 Å². The van der Waals surface area contributed by atoms with Crippen LogP contribution in [0.15, 0.2) is 48.5 Å². The van der Waals surface area contributed by atoms with Crippen molar-refractivity contribution < 1.29 is 22.7 Å². The smallest absolute Gasteiger partial charge is 0.243 e. The van der Waals surface area contributed by atoms with Crippen LogP contribution in [0.2, 0.25) is 5.02 Å². The second-order valence-electron chi connectivity index (χ2n) is 9.10. The van der Waals surface area contributed by atoms with Crippen LogP contribution in [-0.2, 0) is 26.2 Å². The Hall–Kier alpha value is -2.78. The Kier molecular flexibility index (Phi) is 11.7. The maximum Gasteiger partial charge on any atom is 0.243 e. The molecule has 10 heteroatoms. The van der Waals surface area contributed by atoms with E-state index in [-0.39, 0.29) is 37.4 Å². The first-order valence-corrected chi connectivity index (χ1v) is 14.7. The van der Waals surface area contributed by atoms with Crippen molar-refractivity contribution in [2.45, 2.75) is 65.6 Å². The lowest BCUT2D eigenvalue weighted by Crippen LogP contribution is -2.50. The zero-order chi connectivity index (χ0) is 27.6. The van der Waals surface area contributed by atoms with Crippen LogP contribution in [0.1, 0.15) is 52.5 Å². The number of anilines is 1. The fourth-order valence-electron chi connectivity index (χ4n) is 3.97. The molecule has 0 bridgehead atoms. The van der Waals surface area contributed by atoms with E-state index in [1.165, 1.54) is 4.31 Å². The van der Waals surface area contributed by atoms with Gasteiger partial charge < -0.3 is 15.0 Å². The number of amides is 2. The van der Waals surface area contributed by atoms with E-state index in [4.69, 9.17) is 16.3 Å². The van der Waals surface area contributed by atoms with Gasteiger partial charge in [-0.15, -0.1) is 0 Å². The minimum Gasteiger partial charge on any atom is -0.494 e. The van der Waals surface area contributed by atoms with Gasteiger partial charge in [-0.05, 0) is 75.6 Å². The molecule has 0 aliphatic carbocycles. The second-order valence-corrected chi connectivity index (χ2v) is 11.4. The summed E-state index contributed by atoms with van der Waals surface area (Å²) >= 11 is 6.01. The monoisotopic (exact) mass is 551 g/mol. The van der Waals surface area contributed by atoms with Crippen molar-refractivity contribution in [3.05, 3.63) is 59.1 Å². The van der Waals surface area contributed by atoms with E-state index >= 15 is 0 Å². The SMILES string of the molecule is CCOc1ccc(N(CCCC(=O)N(Cc2ccc(Cl)cc2)[C@@H](CC)C(=O)NC(C)C)S(C)(=O)=O)cc1. The van der Waals surface area contributed by atoms with Crippen molar-refractivity contribution in [1.82, 2.24) is 10.2 Å². The molecule has 0 aromatic heterocycles. The standard InChI is InChI=1S/C27H38ClN3O5S/c1-6-25(27(33)29-20(3)4)30(19-21-10-12-22(28)13-11-21)26(32)9-8-18-31(37(5,34)35)23-14-16-24(17-15-23)36-7-2/h10-17,20,25H,6-9,18-19H2,1-5H3,(H,29,33)/t25-/m0/s1. The lowest BCUT2D eigenvalue weighted by molar-refractivity contribution is -0.141. The molecular formula is C27H38ClN3O5S. The minimum atomic E-state index is -3.57. The Bertz CT molecular complexity index is 1120. The molecule has 0 heterocycles. The van der Waals surface area contributed by atoms with Crippen LogP contribution in [0.4, 0.5) is 5.69 Å². The summed E-state index contributed by atoms with van der Waals surface area (Å²) in [5, 5.41) is 3.49. The third-order valence-corrected chi connectivity index (χ3v) is 7.12. The number of carbonyl (C=O) groups is 2. The highest BCUT2D eigenvalue weighted by atomic mass is 35.5. The number of halogens is 1. The zero-order valence-corrected chi connectivity index (χ0v) is 23.8. The molecule has 0 aliphatic heterocycles. The van der Waals surface area contributed by atoms with Gasteiger partial charge in [-0.2, -0.15) is 0 Å². The van der Waals surface area contributed by atoms with Crippen LogP contribution in [0.3, 0.4) is 0 Å². The molecule has 2 rings (SSSR count). The molecular weight excluding hydrogens is 514 g/mol. The number of carbonyl (C=O) groups excluding carboxylic acids is 2. The average Bonchev–Trinajstić information content (AvgIpc) is 2.82. The van der Waals surface area contributed by atoms with Crippen LogP contribution in [0, 0.1) is 0 Å². The van der Waals surface area contributed by atoms with Gasteiger partial charge in [0.25, 0.3) is 0 Å². The summed E-state index contributed by atoms with van der Waals surface area (Å²) in [5.74, 6) is 0.214. The molecule has 37 heavy (non-hydrogen) atoms. The summed E-state index contributed by atoms with van der Waals surface area (Å²) in [6.45, 7) is 8.37. The van der Waals surface area contributed by atoms with Crippen molar-refractivity contribution in [3.63, 3.8) is 0 Å². The molecule has 0 aliphatic rings. The number of benzene rings is 2. The first kappa shape index (κ1) is 30.4. The van der Waals surface area contributed by atoms with Crippen LogP contribution < -0.4 is 14.4 Å². The number of hydrogen-bond donors (Lipinski definition) is 1. The first-order valence-electron chi connectivity index (χ1n) is 12.5. The van der Waals surface area contributed by atoms with Gasteiger partial charge in [-0.1, -0.05) is 30.7 Å². The molecule has 1 N–H and O–H groups in total. The number of nitrogens with one attached hydrogen (secondary N) is 1. The molecule has 204 valence electrons. The summed E-state index contributed by atoms with van der Waals surface area (Å²) in [6.07, 6.45) is 1.96. The van der Waals surface area contributed by atoms with Crippen molar-refractivity contribution in [2.75, 3.05) is 23.7 Å². The maximum atomic E-state index is 13.4. The van der Waals surface area contributed by atoms with E-state index in [2.05, 4.69) is 5.32 Å². The molecule has 0 radical (unpaired) electrons. The summed E-state index contributed by atoms with van der Waals surface area (Å²) in [7, 11) is -3.57. The summed E-state index contributed by atoms with van der Waals surface area (Å²) < 4.78 is 31.7. The number of ether oxygens (including phenoxy) is 1. The van der Waals surface area contributed by atoms with Crippen LogP contribution in [-0.4, -0.2) is 56.6 Å². The van der Waals surface area contributed by atoms with Crippen molar-refractivity contribution >= 4 is 39.1 Å². The summed E-state index contributed by atoms with van der Waals surface area (Å²) in [6, 6.07) is 13.2. The van der Waals surface area contributed by atoms with Crippen molar-refractivity contribution in [1.29, 1.82) is 0 Å². The van der Waals surface area contributed by atoms with Crippen molar-refractivity contribution in [2.24, 2.45) is 0 Å². The predicted octanol–water partition coefficient (Wildman–Crippen LogP) is 4.62. The van der Waals surface area contributed by atoms with Gasteiger partial charge in [0.15, 0.2) is 0 Å². The van der Waals surface area contributed by atoms with E-state index in [0.29, 0.717) is 35.9 Å². The van der Waals surface area contributed by atoms with E-state index in [1.807, 2.05) is 39.8 Å². The van der Waals surface area contributed by atoms with E-state index in [9.17, 15) is 18.0 Å². The topological polar surface area (TPSA) is 96.0 Å². The van der Waals surface area contributed by atoms with Gasteiger partial charge in [0.05, 0.1) is 18.6 Å². The molecule has 1 atom stereocenters. The number of sulfonamides is 1. The molecule has 2 aromatic carbocycles. The Balaban J connectivity index is 2.19. The Labute approximate surface area is 226 Å². The van der Waals surface area contributed by atoms with Gasteiger partial charge in [-0.3, -0.25) is 13.9 Å². The van der Waals surface area contributed by atoms with Crippen LogP contribution in [0.5, 0.6) is 5.75 Å². The highest BCUT2D eigenvalue weighted by Gasteiger charge is 2.29. The Morgan fingerprint density at radius 2 is 1.65 bits per heavy atom. The molecule has 0 saturated carbocycles. The third-order valence-electron chi connectivity index (χ3n) is 5.67. The molecule has 2 aromatic rings. The lowest BCUT2D eigenvalue weighted by atomic mass is 10.1. The van der Waals surface area contributed by atoms with Crippen LogP contribution >= 0.6 is 11.6 Å². The van der Waals surface area contributed by atoms with Crippen molar-refractivity contribution in [3.8, 4) is 5.75 Å². The highest BCUT2D eigenvalue weighted by molar-refractivity contribution is 7.92. The van der Waals surface area contributed by atoms with Gasteiger partial charge in [0.2, 0.25) is 21.8 Å². The predicted molar refractivity (Wildman–Crippen MR) is 148 cm³/mol. The molecule has 0 spiro atoms. The normalized spacial score (nSPS) is 12.2. The maximum absolute atomic E-state index is 13.4. The quantitative estimate of drug-likeness (QED) is 0.370. The second kappa shape index (κ2) is 14.2. The third kappa shape index (κ3) is 9.55. The largest absolute Gasteiger partial charge is 0.494 e. The van der Waals surface area contributed by atoms with Gasteiger partial charge in [0, 0.05) is 30.6 Å². The van der Waals surface area contributed by atoms with E-state index in [0.717, 1.165) is 11.8 Å². The van der Waals surface area contributed by atoms with Gasteiger partial charge in [0.1, 0.15) is 11.8 Å². The fraction of sp³-hybridized carbons (Fsp3) is 0.481. The Morgan fingerprint density at radius 3 is 2.16 bits per heavy atom. The number of rotatable bonds is 14. The van der Waals surface area contributed by atoms with E-state index in [1.54, 1.807) is 41.3 Å². The van der Waals surface area contributed by atoms with Gasteiger partial charge in [-0.25, -0.2) is 8.42 Å². The molecule has 0 fully saturated rings. The molecule has 0 unspecified atom stereocenters. The van der Waals surface area contributed by atoms with E-state index < -0.39 is 16.1 Å². The molecule has 8 nitrogen and oxygen atoms in total. The molecule has 0 saturated heterocycles. The fourth-order valence-corrected chi connectivity index (χ4v) is 5.06. The lowest BCUT2D eigenvalue weighted by Gasteiger charge is -2.31. The van der Waals surface area contributed by atoms with Crippen LogP contribution in [0.25, 0.3) is 0 Å². The molecule has 2 amide bonds.